The first kappa shape index (κ1) is 13.4. The van der Waals surface area contributed by atoms with E-state index in [1.54, 1.807) is 6.26 Å². The molecule has 2 aromatic rings. The van der Waals surface area contributed by atoms with E-state index in [1.807, 2.05) is 41.4 Å². The first-order chi connectivity index (χ1) is 9.70. The Balaban J connectivity index is 1.98. The molecule has 1 aromatic heterocycles. The van der Waals surface area contributed by atoms with Crippen LogP contribution in [0.25, 0.3) is 0 Å². The van der Waals surface area contributed by atoms with Crippen molar-refractivity contribution >= 4 is 27.3 Å². The second kappa shape index (κ2) is 5.42. The van der Waals surface area contributed by atoms with Crippen molar-refractivity contribution in [1.82, 2.24) is 0 Å². The van der Waals surface area contributed by atoms with Crippen LogP contribution in [-0.4, -0.2) is 23.5 Å². The molecule has 2 heterocycles. The Morgan fingerprint density at radius 1 is 1.30 bits per heavy atom. The molecule has 0 bridgehead atoms. The van der Waals surface area contributed by atoms with Gasteiger partial charge in [-0.1, -0.05) is 22.9 Å². The molecule has 0 unspecified atom stereocenters. The summed E-state index contributed by atoms with van der Waals surface area (Å²) in [4.78, 5) is 0. The predicted octanol–water partition coefficient (Wildman–Crippen LogP) is 3.26. The van der Waals surface area contributed by atoms with Gasteiger partial charge in [-0.15, -0.1) is 0 Å². The zero-order valence-corrected chi connectivity index (χ0v) is 12.6. The number of aliphatic hydroxyl groups excluding tert-OH is 1. The quantitative estimate of drug-likeness (QED) is 0.937. The normalized spacial score (nSPS) is 22.1. The number of hydrazone groups is 1. The molecule has 0 radical (unpaired) electrons. The minimum Gasteiger partial charge on any atom is -0.463 e. The van der Waals surface area contributed by atoms with Gasteiger partial charge in [0.05, 0.1) is 24.6 Å². The summed E-state index contributed by atoms with van der Waals surface area (Å²) in [6.07, 6.45) is 1.64. The summed E-state index contributed by atoms with van der Waals surface area (Å²) in [6.45, 7) is 2.10. The number of nitrogens with zero attached hydrogens (tertiary/aromatic N) is 2. The largest absolute Gasteiger partial charge is 0.463 e. The van der Waals surface area contributed by atoms with Crippen molar-refractivity contribution < 1.29 is 9.52 Å². The van der Waals surface area contributed by atoms with Gasteiger partial charge in [0.15, 0.2) is 0 Å². The third kappa shape index (κ3) is 2.27. The van der Waals surface area contributed by atoms with Gasteiger partial charge < -0.3 is 9.52 Å². The summed E-state index contributed by atoms with van der Waals surface area (Å²) in [5.74, 6) is 0.866. The van der Waals surface area contributed by atoms with Crippen LogP contribution in [0.3, 0.4) is 0 Å². The summed E-state index contributed by atoms with van der Waals surface area (Å²) in [7, 11) is 0. The van der Waals surface area contributed by atoms with Crippen LogP contribution in [0.5, 0.6) is 0 Å². The van der Waals surface area contributed by atoms with E-state index < -0.39 is 0 Å². The highest BCUT2D eigenvalue weighted by molar-refractivity contribution is 9.10. The van der Waals surface area contributed by atoms with Crippen LogP contribution in [0, 0.1) is 5.92 Å². The van der Waals surface area contributed by atoms with E-state index >= 15 is 0 Å². The molecule has 20 heavy (non-hydrogen) atoms. The highest BCUT2D eigenvalue weighted by Crippen LogP contribution is 2.31. The lowest BCUT2D eigenvalue weighted by Crippen LogP contribution is -2.35. The third-order valence-electron chi connectivity index (χ3n) is 3.59. The standard InChI is InChI=1S/C15H15BrN2O2/c1-10-13(9-19)18(12-6-4-11(16)5-7-12)17-15(10)14-3-2-8-20-14/h2-8,10,13,19H,9H2,1H3/t10-,13-/m0/s1. The number of halogens is 1. The first-order valence-electron chi connectivity index (χ1n) is 6.48. The fourth-order valence-corrected chi connectivity index (χ4v) is 2.72. The fraction of sp³-hybridized carbons (Fsp3) is 0.267. The smallest absolute Gasteiger partial charge is 0.150 e. The van der Waals surface area contributed by atoms with Crippen molar-refractivity contribution in [3.63, 3.8) is 0 Å². The van der Waals surface area contributed by atoms with Crippen LogP contribution in [0.4, 0.5) is 5.69 Å². The zero-order valence-electron chi connectivity index (χ0n) is 11.0. The topological polar surface area (TPSA) is 49.0 Å². The van der Waals surface area contributed by atoms with Crippen molar-refractivity contribution in [2.75, 3.05) is 11.6 Å². The minimum atomic E-state index is -0.0729. The Morgan fingerprint density at radius 3 is 2.65 bits per heavy atom. The Kier molecular flexibility index (Phi) is 3.63. The molecule has 1 N–H and O–H groups in total. The van der Waals surface area contributed by atoms with Crippen LogP contribution in [0.2, 0.25) is 0 Å². The van der Waals surface area contributed by atoms with E-state index in [9.17, 15) is 5.11 Å². The molecule has 104 valence electrons. The summed E-state index contributed by atoms with van der Waals surface area (Å²) in [6, 6.07) is 11.6. The Labute approximate surface area is 125 Å². The highest BCUT2D eigenvalue weighted by Gasteiger charge is 2.36. The lowest BCUT2D eigenvalue weighted by molar-refractivity contribution is 0.250. The van der Waals surface area contributed by atoms with E-state index in [4.69, 9.17) is 4.42 Å². The molecule has 0 fully saturated rings. The van der Waals surface area contributed by atoms with Gasteiger partial charge in [-0.2, -0.15) is 5.10 Å². The number of benzene rings is 1. The molecule has 0 aliphatic carbocycles. The molecule has 0 saturated carbocycles. The monoisotopic (exact) mass is 334 g/mol. The van der Waals surface area contributed by atoms with Gasteiger partial charge in [0.25, 0.3) is 0 Å². The number of anilines is 1. The number of hydrogen-bond acceptors (Lipinski definition) is 4. The highest BCUT2D eigenvalue weighted by atomic mass is 79.9. The van der Waals surface area contributed by atoms with Crippen LogP contribution in [0.15, 0.2) is 56.7 Å². The number of furan rings is 1. The zero-order chi connectivity index (χ0) is 14.1. The Bertz CT molecular complexity index is 607. The van der Waals surface area contributed by atoms with Gasteiger partial charge in [-0.05, 0) is 36.4 Å². The average Bonchev–Trinajstić information content (AvgIpc) is 3.07. The first-order valence-corrected chi connectivity index (χ1v) is 7.28. The number of hydrogen-bond donors (Lipinski definition) is 1. The van der Waals surface area contributed by atoms with Gasteiger partial charge in [0, 0.05) is 10.4 Å². The molecule has 4 nitrogen and oxygen atoms in total. The van der Waals surface area contributed by atoms with Crippen LogP contribution in [-0.2, 0) is 0 Å². The van der Waals surface area contributed by atoms with Gasteiger partial charge >= 0.3 is 0 Å². The van der Waals surface area contributed by atoms with Crippen LogP contribution in [0.1, 0.15) is 12.7 Å². The molecule has 5 heteroatoms. The van der Waals surface area contributed by atoms with Crippen molar-refractivity contribution in [3.8, 4) is 0 Å². The van der Waals surface area contributed by atoms with E-state index in [2.05, 4.69) is 28.0 Å². The molecule has 1 aliphatic heterocycles. The van der Waals surface area contributed by atoms with Crippen molar-refractivity contribution in [2.45, 2.75) is 13.0 Å². The molecular weight excluding hydrogens is 320 g/mol. The SMILES string of the molecule is C[C@@H]1C(c2ccco2)=NN(c2ccc(Br)cc2)[C@H]1CO. The lowest BCUT2D eigenvalue weighted by atomic mass is 9.96. The average molecular weight is 335 g/mol. The fourth-order valence-electron chi connectivity index (χ4n) is 2.45. The third-order valence-corrected chi connectivity index (χ3v) is 4.12. The second-order valence-electron chi connectivity index (χ2n) is 4.82. The molecule has 0 amide bonds. The van der Waals surface area contributed by atoms with Gasteiger partial charge in [0.2, 0.25) is 0 Å². The summed E-state index contributed by atoms with van der Waals surface area (Å²) in [5.41, 5.74) is 1.83. The predicted molar refractivity (Wildman–Crippen MR) is 81.9 cm³/mol. The van der Waals surface area contributed by atoms with Gasteiger partial charge in [-0.3, -0.25) is 5.01 Å². The molecular formula is C15H15BrN2O2. The number of aliphatic hydroxyl groups is 1. The molecule has 0 saturated heterocycles. The Morgan fingerprint density at radius 2 is 2.05 bits per heavy atom. The summed E-state index contributed by atoms with van der Waals surface area (Å²) < 4.78 is 6.46. The van der Waals surface area contributed by atoms with E-state index in [0.717, 1.165) is 21.6 Å². The van der Waals surface area contributed by atoms with Crippen molar-refractivity contribution in [3.05, 3.63) is 52.9 Å². The van der Waals surface area contributed by atoms with Gasteiger partial charge in [0.1, 0.15) is 11.5 Å². The molecule has 3 rings (SSSR count). The van der Waals surface area contributed by atoms with Crippen LogP contribution < -0.4 is 5.01 Å². The maximum atomic E-state index is 9.68. The second-order valence-corrected chi connectivity index (χ2v) is 5.74. The van der Waals surface area contributed by atoms with E-state index in [0.29, 0.717) is 0 Å². The van der Waals surface area contributed by atoms with Crippen molar-refractivity contribution in [2.24, 2.45) is 11.0 Å². The Hall–Kier alpha value is -1.59. The van der Waals surface area contributed by atoms with E-state index in [-0.39, 0.29) is 18.6 Å². The molecule has 0 spiro atoms. The van der Waals surface area contributed by atoms with Crippen molar-refractivity contribution in [1.29, 1.82) is 0 Å². The molecule has 1 aromatic carbocycles. The lowest BCUT2D eigenvalue weighted by Gasteiger charge is -2.24. The van der Waals surface area contributed by atoms with Gasteiger partial charge in [-0.25, -0.2) is 0 Å². The maximum absolute atomic E-state index is 9.68. The number of rotatable bonds is 3. The summed E-state index contributed by atoms with van der Waals surface area (Å²) >= 11 is 3.42. The maximum Gasteiger partial charge on any atom is 0.150 e. The molecule has 1 aliphatic rings. The molecule has 2 atom stereocenters. The summed E-state index contributed by atoms with van der Waals surface area (Å²) in [5, 5.41) is 16.2. The van der Waals surface area contributed by atoms with E-state index in [1.165, 1.54) is 0 Å². The van der Waals surface area contributed by atoms with Crippen LogP contribution >= 0.6 is 15.9 Å². The minimum absolute atomic E-state index is 0.0466.